The van der Waals surface area contributed by atoms with Gasteiger partial charge in [0.15, 0.2) is 5.82 Å². The van der Waals surface area contributed by atoms with Gasteiger partial charge in [-0.05, 0) is 43.3 Å². The Labute approximate surface area is 167 Å². The maximum absolute atomic E-state index is 13.2. The first-order valence-corrected chi connectivity index (χ1v) is 9.58. The summed E-state index contributed by atoms with van der Waals surface area (Å²) in [5.41, 5.74) is 2.81. The first-order valence-electron chi connectivity index (χ1n) is 9.58. The van der Waals surface area contributed by atoms with Crippen molar-refractivity contribution in [2.45, 2.75) is 6.92 Å². The number of hydrogen-bond donors (Lipinski definition) is 0. The fraction of sp³-hybridized carbons (Fsp3) is 0.238. The van der Waals surface area contributed by atoms with Gasteiger partial charge in [-0.1, -0.05) is 0 Å². The Morgan fingerprint density at radius 1 is 0.931 bits per heavy atom. The summed E-state index contributed by atoms with van der Waals surface area (Å²) in [4.78, 5) is 17.9. The molecule has 1 saturated heterocycles. The Balaban J connectivity index is 1.43. The SMILES string of the molecule is Cc1cc(N2CCN(c3ccc(F)cc3)CC2)n2nc(-c3cccnc3)nc2n1. The molecular formula is C21H20FN7. The smallest absolute Gasteiger partial charge is 0.254 e. The zero-order valence-corrected chi connectivity index (χ0v) is 16.0. The molecule has 29 heavy (non-hydrogen) atoms. The Kier molecular flexibility index (Phi) is 4.31. The molecule has 1 aliphatic rings. The van der Waals surface area contributed by atoms with Crippen molar-refractivity contribution in [2.24, 2.45) is 0 Å². The lowest BCUT2D eigenvalue weighted by Crippen LogP contribution is -2.47. The van der Waals surface area contributed by atoms with E-state index in [1.54, 1.807) is 12.4 Å². The Hall–Kier alpha value is -3.55. The molecule has 8 heteroatoms. The van der Waals surface area contributed by atoms with Gasteiger partial charge in [0.25, 0.3) is 5.78 Å². The minimum absolute atomic E-state index is 0.211. The normalized spacial score (nSPS) is 14.6. The number of hydrogen-bond acceptors (Lipinski definition) is 6. The van der Waals surface area contributed by atoms with Crippen molar-refractivity contribution in [3.05, 3.63) is 66.4 Å². The molecule has 3 aromatic heterocycles. The molecule has 4 aromatic rings. The summed E-state index contributed by atoms with van der Waals surface area (Å²) in [6.07, 6.45) is 3.48. The average molecular weight is 389 g/mol. The van der Waals surface area contributed by atoms with Crippen molar-refractivity contribution in [1.29, 1.82) is 0 Å². The predicted molar refractivity (Wildman–Crippen MR) is 110 cm³/mol. The molecule has 0 radical (unpaired) electrons. The van der Waals surface area contributed by atoms with E-state index in [0.717, 1.165) is 48.9 Å². The van der Waals surface area contributed by atoms with Crippen LogP contribution in [0.3, 0.4) is 0 Å². The van der Waals surface area contributed by atoms with Crippen molar-refractivity contribution in [3.8, 4) is 11.4 Å². The van der Waals surface area contributed by atoms with E-state index in [4.69, 9.17) is 5.10 Å². The molecule has 7 nitrogen and oxygen atoms in total. The molecule has 0 bridgehead atoms. The second-order valence-corrected chi connectivity index (χ2v) is 7.10. The molecule has 0 saturated carbocycles. The molecule has 1 fully saturated rings. The van der Waals surface area contributed by atoms with Crippen LogP contribution in [0.2, 0.25) is 0 Å². The lowest BCUT2D eigenvalue weighted by molar-refractivity contribution is 0.622. The summed E-state index contributed by atoms with van der Waals surface area (Å²) < 4.78 is 15.0. The molecule has 1 aromatic carbocycles. The standard InChI is InChI=1S/C21H20FN7/c1-15-13-19(28-11-9-27(10-12-28)18-6-4-17(22)5-7-18)29-21(24-15)25-20(26-29)16-3-2-8-23-14-16/h2-8,13-14H,9-12H2,1H3. The number of anilines is 2. The Morgan fingerprint density at radius 2 is 1.69 bits per heavy atom. The van der Waals surface area contributed by atoms with Crippen molar-refractivity contribution >= 4 is 17.3 Å². The van der Waals surface area contributed by atoms with Crippen LogP contribution in [0.4, 0.5) is 15.9 Å². The summed E-state index contributed by atoms with van der Waals surface area (Å²) in [5.74, 6) is 1.97. The molecule has 0 unspecified atom stereocenters. The zero-order valence-electron chi connectivity index (χ0n) is 16.0. The number of benzene rings is 1. The van der Waals surface area contributed by atoms with Gasteiger partial charge in [-0.3, -0.25) is 4.98 Å². The second kappa shape index (κ2) is 7.12. The van der Waals surface area contributed by atoms with E-state index in [1.165, 1.54) is 12.1 Å². The fourth-order valence-electron chi connectivity index (χ4n) is 3.66. The van der Waals surface area contributed by atoms with Crippen molar-refractivity contribution < 1.29 is 4.39 Å². The van der Waals surface area contributed by atoms with Gasteiger partial charge in [0.05, 0.1) is 0 Å². The molecule has 0 atom stereocenters. The van der Waals surface area contributed by atoms with Crippen LogP contribution < -0.4 is 9.80 Å². The van der Waals surface area contributed by atoms with E-state index in [1.807, 2.05) is 41.8 Å². The summed E-state index contributed by atoms with van der Waals surface area (Å²) in [5, 5.41) is 4.69. The molecule has 4 heterocycles. The van der Waals surface area contributed by atoms with Gasteiger partial charge in [0.2, 0.25) is 0 Å². The van der Waals surface area contributed by atoms with E-state index in [2.05, 4.69) is 24.8 Å². The van der Waals surface area contributed by atoms with Crippen molar-refractivity contribution in [2.75, 3.05) is 36.0 Å². The van der Waals surface area contributed by atoms with E-state index < -0.39 is 0 Å². The highest BCUT2D eigenvalue weighted by atomic mass is 19.1. The van der Waals surface area contributed by atoms with Gasteiger partial charge < -0.3 is 9.80 Å². The van der Waals surface area contributed by atoms with Gasteiger partial charge in [0, 0.05) is 61.6 Å². The number of rotatable bonds is 3. The highest BCUT2D eigenvalue weighted by molar-refractivity contribution is 5.58. The largest absolute Gasteiger partial charge is 0.368 e. The summed E-state index contributed by atoms with van der Waals surface area (Å²) in [7, 11) is 0. The molecule has 0 aliphatic carbocycles. The summed E-state index contributed by atoms with van der Waals surface area (Å²) >= 11 is 0. The molecular weight excluding hydrogens is 369 g/mol. The van der Waals surface area contributed by atoms with E-state index in [-0.39, 0.29) is 5.82 Å². The maximum atomic E-state index is 13.2. The minimum atomic E-state index is -0.211. The Morgan fingerprint density at radius 3 is 2.41 bits per heavy atom. The van der Waals surface area contributed by atoms with Crippen molar-refractivity contribution in [1.82, 2.24) is 24.6 Å². The third kappa shape index (κ3) is 3.37. The number of aromatic nitrogens is 5. The molecule has 1 aliphatic heterocycles. The quantitative estimate of drug-likeness (QED) is 0.537. The summed E-state index contributed by atoms with van der Waals surface area (Å²) in [6, 6.07) is 12.5. The zero-order chi connectivity index (χ0) is 19.8. The van der Waals surface area contributed by atoms with Gasteiger partial charge in [-0.15, -0.1) is 5.10 Å². The van der Waals surface area contributed by atoms with Crippen molar-refractivity contribution in [3.63, 3.8) is 0 Å². The van der Waals surface area contributed by atoms with Gasteiger partial charge in [0.1, 0.15) is 11.6 Å². The first-order chi connectivity index (χ1) is 14.2. The van der Waals surface area contributed by atoms with Crippen LogP contribution in [-0.4, -0.2) is 50.7 Å². The topological polar surface area (TPSA) is 62.5 Å². The molecule has 146 valence electrons. The second-order valence-electron chi connectivity index (χ2n) is 7.10. The highest BCUT2D eigenvalue weighted by Crippen LogP contribution is 2.23. The lowest BCUT2D eigenvalue weighted by atomic mass is 10.2. The van der Waals surface area contributed by atoms with Crippen LogP contribution in [0.15, 0.2) is 54.9 Å². The number of pyridine rings is 1. The van der Waals surface area contributed by atoms with E-state index >= 15 is 0 Å². The number of fused-ring (bicyclic) bond motifs is 1. The lowest BCUT2D eigenvalue weighted by Gasteiger charge is -2.37. The monoisotopic (exact) mass is 389 g/mol. The van der Waals surface area contributed by atoms with Crippen LogP contribution in [-0.2, 0) is 0 Å². The molecule has 5 rings (SSSR count). The highest BCUT2D eigenvalue weighted by Gasteiger charge is 2.21. The van der Waals surface area contributed by atoms with Gasteiger partial charge in [-0.25, -0.2) is 9.37 Å². The summed E-state index contributed by atoms with van der Waals surface area (Å²) in [6.45, 7) is 5.32. The van der Waals surface area contributed by atoms with Gasteiger partial charge in [-0.2, -0.15) is 9.50 Å². The number of nitrogens with zero attached hydrogens (tertiary/aromatic N) is 7. The number of piperazine rings is 1. The number of halogens is 1. The number of aryl methyl sites for hydroxylation is 1. The molecule has 0 amide bonds. The first kappa shape index (κ1) is 17.5. The molecule has 0 spiro atoms. The van der Waals surface area contributed by atoms with Crippen LogP contribution in [0, 0.1) is 12.7 Å². The van der Waals surface area contributed by atoms with Crippen LogP contribution >= 0.6 is 0 Å². The predicted octanol–water partition coefficient (Wildman–Crippen LogP) is 2.96. The maximum Gasteiger partial charge on any atom is 0.254 e. The van der Waals surface area contributed by atoms with E-state index in [0.29, 0.717) is 11.6 Å². The van der Waals surface area contributed by atoms with Crippen LogP contribution in [0.5, 0.6) is 0 Å². The van der Waals surface area contributed by atoms with Crippen LogP contribution in [0.1, 0.15) is 5.69 Å². The molecule has 0 N–H and O–H groups in total. The Bertz CT molecular complexity index is 1130. The van der Waals surface area contributed by atoms with Crippen LogP contribution in [0.25, 0.3) is 17.2 Å². The third-order valence-electron chi connectivity index (χ3n) is 5.14. The third-order valence-corrected chi connectivity index (χ3v) is 5.14. The fourth-order valence-corrected chi connectivity index (χ4v) is 3.66. The van der Waals surface area contributed by atoms with E-state index in [9.17, 15) is 4.39 Å². The average Bonchev–Trinajstić information content (AvgIpc) is 3.18. The van der Waals surface area contributed by atoms with Gasteiger partial charge >= 0.3 is 0 Å². The minimum Gasteiger partial charge on any atom is -0.368 e.